The van der Waals surface area contributed by atoms with Crippen LogP contribution in [0.2, 0.25) is 0 Å². The van der Waals surface area contributed by atoms with Crippen LogP contribution in [-0.2, 0) is 4.79 Å². The van der Waals surface area contributed by atoms with E-state index in [1.54, 1.807) is 30.3 Å². The summed E-state index contributed by atoms with van der Waals surface area (Å²) in [4.78, 5) is 30.2. The molecule has 4 rings (SSSR count). The normalized spacial score (nSPS) is 11.1. The van der Waals surface area contributed by atoms with Crippen molar-refractivity contribution in [2.75, 3.05) is 5.32 Å². The molecule has 0 fully saturated rings. The highest BCUT2D eigenvalue weighted by Crippen LogP contribution is 2.24. The smallest absolute Gasteiger partial charge is 0.269 e. The van der Waals surface area contributed by atoms with E-state index in [2.05, 4.69) is 10.3 Å². The minimum Gasteiger partial charge on any atom is -0.438 e. The van der Waals surface area contributed by atoms with Crippen LogP contribution in [0.1, 0.15) is 11.1 Å². The van der Waals surface area contributed by atoms with Crippen molar-refractivity contribution in [2.24, 2.45) is 0 Å². The van der Waals surface area contributed by atoms with Gasteiger partial charge >= 0.3 is 0 Å². The summed E-state index contributed by atoms with van der Waals surface area (Å²) in [6.45, 7) is 1.91. The molecule has 0 saturated heterocycles. The van der Waals surface area contributed by atoms with E-state index in [-0.39, 0.29) is 22.8 Å². The number of pyridine rings is 1. The monoisotopic (exact) mass is 440 g/mol. The quantitative estimate of drug-likeness (QED) is 0.365. The third-order valence-electron chi connectivity index (χ3n) is 4.73. The standard InChI is InChI=1S/C25H17FN4O3/c1-16-5-9-19(10-6-16)28-23(31)17(15-27)14-21-24(33-20-11-7-18(26)8-12-20)29-22-4-2-3-13-30(22)25(21)32/h2-14H,1H3,(H,28,31)/b17-14+. The first kappa shape index (κ1) is 21.5. The molecule has 2 heterocycles. The largest absolute Gasteiger partial charge is 0.438 e. The van der Waals surface area contributed by atoms with Gasteiger partial charge in [0, 0.05) is 11.9 Å². The summed E-state index contributed by atoms with van der Waals surface area (Å²) in [5.41, 5.74) is 0.880. The number of hydrogen-bond donors (Lipinski definition) is 1. The van der Waals surface area contributed by atoms with Crippen molar-refractivity contribution < 1.29 is 13.9 Å². The summed E-state index contributed by atoms with van der Waals surface area (Å²) < 4.78 is 20.3. The number of nitriles is 1. The van der Waals surface area contributed by atoms with Crippen LogP contribution in [0.3, 0.4) is 0 Å². The number of ether oxygens (including phenoxy) is 1. The third kappa shape index (κ3) is 4.78. The van der Waals surface area contributed by atoms with E-state index in [4.69, 9.17) is 4.74 Å². The molecule has 33 heavy (non-hydrogen) atoms. The molecule has 0 saturated carbocycles. The summed E-state index contributed by atoms with van der Waals surface area (Å²) in [6, 6.07) is 19.0. The van der Waals surface area contributed by atoms with E-state index in [9.17, 15) is 19.2 Å². The van der Waals surface area contributed by atoms with Crippen LogP contribution in [0.4, 0.5) is 10.1 Å². The number of amides is 1. The van der Waals surface area contributed by atoms with E-state index in [1.165, 1.54) is 34.9 Å². The van der Waals surface area contributed by atoms with Gasteiger partial charge in [0.25, 0.3) is 11.5 Å². The zero-order valence-corrected chi connectivity index (χ0v) is 17.4. The number of hydrogen-bond acceptors (Lipinski definition) is 5. The fourth-order valence-electron chi connectivity index (χ4n) is 3.03. The molecule has 7 nitrogen and oxygen atoms in total. The molecule has 0 unspecified atom stereocenters. The van der Waals surface area contributed by atoms with Gasteiger partial charge in [-0.2, -0.15) is 10.2 Å². The fraction of sp³-hybridized carbons (Fsp3) is 0.0400. The second kappa shape index (κ2) is 9.16. The Morgan fingerprint density at radius 2 is 1.85 bits per heavy atom. The van der Waals surface area contributed by atoms with E-state index >= 15 is 0 Å². The number of benzene rings is 2. The number of carbonyl (C=O) groups is 1. The molecule has 0 aliphatic rings. The van der Waals surface area contributed by atoms with Gasteiger partial charge < -0.3 is 10.1 Å². The van der Waals surface area contributed by atoms with Crippen LogP contribution in [0.5, 0.6) is 11.6 Å². The Kier molecular flexibility index (Phi) is 5.96. The molecule has 0 aliphatic heterocycles. The number of anilines is 1. The summed E-state index contributed by atoms with van der Waals surface area (Å²) in [6.07, 6.45) is 2.65. The first-order valence-corrected chi connectivity index (χ1v) is 9.89. The molecule has 8 heteroatoms. The topological polar surface area (TPSA) is 96.5 Å². The van der Waals surface area contributed by atoms with E-state index in [0.717, 1.165) is 11.6 Å². The van der Waals surface area contributed by atoms with Crippen LogP contribution in [0, 0.1) is 24.1 Å². The molecule has 0 aliphatic carbocycles. The number of rotatable bonds is 5. The van der Waals surface area contributed by atoms with Crippen molar-refractivity contribution >= 4 is 23.3 Å². The van der Waals surface area contributed by atoms with Gasteiger partial charge in [0.05, 0.1) is 0 Å². The number of aryl methyl sites for hydroxylation is 1. The van der Waals surface area contributed by atoms with E-state index in [0.29, 0.717) is 11.3 Å². The van der Waals surface area contributed by atoms with Crippen molar-refractivity contribution in [2.45, 2.75) is 6.92 Å². The molecular formula is C25H17FN4O3. The van der Waals surface area contributed by atoms with Crippen molar-refractivity contribution in [3.05, 3.63) is 106 Å². The minimum atomic E-state index is -0.688. The lowest BCUT2D eigenvalue weighted by Gasteiger charge is -2.10. The molecule has 1 N–H and O–H groups in total. The Balaban J connectivity index is 1.78. The van der Waals surface area contributed by atoms with Gasteiger partial charge in [0.15, 0.2) is 0 Å². The Morgan fingerprint density at radius 1 is 1.12 bits per heavy atom. The maximum Gasteiger partial charge on any atom is 0.269 e. The van der Waals surface area contributed by atoms with Crippen LogP contribution in [0.25, 0.3) is 11.7 Å². The SMILES string of the molecule is Cc1ccc(NC(=O)/C(C#N)=C/c2c(Oc3ccc(F)cc3)nc3ccccn3c2=O)cc1. The summed E-state index contributed by atoms with van der Waals surface area (Å²) in [7, 11) is 0. The maximum atomic E-state index is 13.3. The third-order valence-corrected chi connectivity index (χ3v) is 4.73. The highest BCUT2D eigenvalue weighted by atomic mass is 19.1. The van der Waals surface area contributed by atoms with Gasteiger partial charge in [-0.3, -0.25) is 14.0 Å². The van der Waals surface area contributed by atoms with Gasteiger partial charge in [-0.15, -0.1) is 0 Å². The molecule has 0 radical (unpaired) electrons. The molecule has 0 bridgehead atoms. The van der Waals surface area contributed by atoms with Crippen molar-refractivity contribution in [3.8, 4) is 17.7 Å². The van der Waals surface area contributed by atoms with Crippen LogP contribution in [-0.4, -0.2) is 15.3 Å². The lowest BCUT2D eigenvalue weighted by Crippen LogP contribution is -2.20. The molecular weight excluding hydrogens is 423 g/mol. The van der Waals surface area contributed by atoms with E-state index < -0.39 is 17.3 Å². The highest BCUT2D eigenvalue weighted by Gasteiger charge is 2.17. The predicted octanol–water partition coefficient (Wildman–Crippen LogP) is 4.48. The van der Waals surface area contributed by atoms with Gasteiger partial charge in [-0.1, -0.05) is 23.8 Å². The minimum absolute atomic E-state index is 0.0985. The van der Waals surface area contributed by atoms with Crippen LogP contribution in [0.15, 0.2) is 83.3 Å². The number of nitrogens with one attached hydrogen (secondary N) is 1. The number of nitrogens with zero attached hydrogens (tertiary/aromatic N) is 3. The van der Waals surface area contributed by atoms with Crippen molar-refractivity contribution in [3.63, 3.8) is 0 Å². The summed E-state index contributed by atoms with van der Waals surface area (Å²) >= 11 is 0. The predicted molar refractivity (Wildman–Crippen MR) is 121 cm³/mol. The summed E-state index contributed by atoms with van der Waals surface area (Å²) in [5, 5.41) is 12.2. The molecule has 4 aromatic rings. The van der Waals surface area contributed by atoms with Crippen LogP contribution < -0.4 is 15.6 Å². The second-order valence-electron chi connectivity index (χ2n) is 7.11. The average molecular weight is 440 g/mol. The molecule has 2 aromatic heterocycles. The molecule has 1 amide bonds. The van der Waals surface area contributed by atoms with Gasteiger partial charge in [0.2, 0.25) is 5.88 Å². The zero-order valence-electron chi connectivity index (χ0n) is 17.4. The highest BCUT2D eigenvalue weighted by molar-refractivity contribution is 6.09. The van der Waals surface area contributed by atoms with Gasteiger partial charge in [-0.05, 0) is 61.5 Å². The van der Waals surface area contributed by atoms with Gasteiger partial charge in [-0.25, -0.2) is 4.39 Å². The molecule has 0 atom stereocenters. The fourth-order valence-corrected chi connectivity index (χ4v) is 3.03. The Morgan fingerprint density at radius 3 is 2.55 bits per heavy atom. The number of fused-ring (bicyclic) bond motifs is 1. The molecule has 2 aromatic carbocycles. The van der Waals surface area contributed by atoms with Gasteiger partial charge in [0.1, 0.15) is 34.4 Å². The van der Waals surface area contributed by atoms with E-state index in [1.807, 2.05) is 25.1 Å². The molecule has 0 spiro atoms. The lowest BCUT2D eigenvalue weighted by molar-refractivity contribution is -0.112. The Hall–Kier alpha value is -4.77. The Labute approximate surface area is 188 Å². The summed E-state index contributed by atoms with van der Waals surface area (Å²) in [5.74, 6) is -1.02. The molecule has 162 valence electrons. The average Bonchev–Trinajstić information content (AvgIpc) is 2.82. The zero-order chi connectivity index (χ0) is 23.4. The lowest BCUT2D eigenvalue weighted by atomic mass is 10.1. The first-order valence-electron chi connectivity index (χ1n) is 9.89. The maximum absolute atomic E-state index is 13.3. The number of aromatic nitrogens is 2. The number of carbonyl (C=O) groups excluding carboxylic acids is 1. The first-order chi connectivity index (χ1) is 15.9. The number of halogens is 1. The van der Waals surface area contributed by atoms with Crippen molar-refractivity contribution in [1.29, 1.82) is 5.26 Å². The second-order valence-corrected chi connectivity index (χ2v) is 7.11. The van der Waals surface area contributed by atoms with Crippen LogP contribution >= 0.6 is 0 Å². The Bertz CT molecular complexity index is 1470. The van der Waals surface area contributed by atoms with Crippen molar-refractivity contribution in [1.82, 2.24) is 9.38 Å².